The molecule has 3 rings (SSSR count). The van der Waals surface area contributed by atoms with E-state index in [9.17, 15) is 9.59 Å². The molecule has 0 saturated carbocycles. The van der Waals surface area contributed by atoms with Gasteiger partial charge in [0, 0.05) is 51.3 Å². The summed E-state index contributed by atoms with van der Waals surface area (Å²) < 4.78 is 6.37. The zero-order chi connectivity index (χ0) is 17.2. The van der Waals surface area contributed by atoms with Gasteiger partial charge in [-0.05, 0) is 12.5 Å². The highest BCUT2D eigenvalue weighted by Crippen LogP contribution is 2.44. The number of fused-ring (bicyclic) bond motifs is 1. The zero-order valence-corrected chi connectivity index (χ0v) is 14.5. The van der Waals surface area contributed by atoms with Crippen LogP contribution in [0.3, 0.4) is 0 Å². The van der Waals surface area contributed by atoms with Gasteiger partial charge in [-0.1, -0.05) is 25.1 Å². The summed E-state index contributed by atoms with van der Waals surface area (Å²) in [5, 5.41) is 3.06. The van der Waals surface area contributed by atoms with E-state index >= 15 is 0 Å². The Morgan fingerprint density at radius 2 is 2.00 bits per heavy atom. The molecule has 5 heteroatoms. The average Bonchev–Trinajstić information content (AvgIpc) is 2.55. The SMILES string of the molecule is CCCC(=O)N1CCC2(CC1)C[C@H](NC(C)=O)c1ccccc1O2. The molecule has 0 bridgehead atoms. The summed E-state index contributed by atoms with van der Waals surface area (Å²) in [6, 6.07) is 7.90. The minimum atomic E-state index is -0.287. The Hall–Kier alpha value is -2.04. The van der Waals surface area contributed by atoms with Gasteiger partial charge in [-0.2, -0.15) is 0 Å². The quantitative estimate of drug-likeness (QED) is 0.927. The van der Waals surface area contributed by atoms with E-state index in [2.05, 4.69) is 5.32 Å². The minimum Gasteiger partial charge on any atom is -0.487 e. The maximum absolute atomic E-state index is 12.1. The smallest absolute Gasteiger partial charge is 0.222 e. The summed E-state index contributed by atoms with van der Waals surface area (Å²) in [5.41, 5.74) is 0.757. The summed E-state index contributed by atoms with van der Waals surface area (Å²) in [5.74, 6) is 1.07. The third-order valence-electron chi connectivity index (χ3n) is 5.07. The lowest BCUT2D eigenvalue weighted by Gasteiger charge is -2.47. The second-order valence-corrected chi connectivity index (χ2v) is 6.91. The van der Waals surface area contributed by atoms with Crippen molar-refractivity contribution in [1.82, 2.24) is 10.2 Å². The van der Waals surface area contributed by atoms with Gasteiger partial charge in [-0.3, -0.25) is 9.59 Å². The molecule has 1 aromatic rings. The van der Waals surface area contributed by atoms with Crippen LogP contribution in [0.15, 0.2) is 24.3 Å². The first-order valence-electron chi connectivity index (χ1n) is 8.86. The summed E-state index contributed by atoms with van der Waals surface area (Å²) >= 11 is 0. The summed E-state index contributed by atoms with van der Waals surface area (Å²) in [6.45, 7) is 5.04. The molecule has 1 atom stereocenters. The number of carbonyl (C=O) groups is 2. The molecule has 0 aliphatic carbocycles. The van der Waals surface area contributed by atoms with Gasteiger partial charge in [-0.15, -0.1) is 0 Å². The van der Waals surface area contributed by atoms with Crippen LogP contribution >= 0.6 is 0 Å². The summed E-state index contributed by atoms with van der Waals surface area (Å²) in [7, 11) is 0. The van der Waals surface area contributed by atoms with Gasteiger partial charge in [0.15, 0.2) is 0 Å². The van der Waals surface area contributed by atoms with Crippen LogP contribution in [-0.4, -0.2) is 35.4 Å². The van der Waals surface area contributed by atoms with Crippen molar-refractivity contribution in [3.05, 3.63) is 29.8 Å². The molecule has 0 radical (unpaired) electrons. The largest absolute Gasteiger partial charge is 0.487 e. The Morgan fingerprint density at radius 3 is 2.67 bits per heavy atom. The highest BCUT2D eigenvalue weighted by atomic mass is 16.5. The van der Waals surface area contributed by atoms with Crippen molar-refractivity contribution in [3.8, 4) is 5.75 Å². The third kappa shape index (κ3) is 3.40. The number of rotatable bonds is 3. The monoisotopic (exact) mass is 330 g/mol. The summed E-state index contributed by atoms with van der Waals surface area (Å²) in [4.78, 5) is 25.7. The van der Waals surface area contributed by atoms with Crippen molar-refractivity contribution in [2.75, 3.05) is 13.1 Å². The van der Waals surface area contributed by atoms with E-state index in [1.54, 1.807) is 6.92 Å². The molecule has 1 aromatic carbocycles. The molecule has 2 amide bonds. The maximum Gasteiger partial charge on any atom is 0.222 e. The zero-order valence-electron chi connectivity index (χ0n) is 14.5. The maximum atomic E-state index is 12.1. The Kier molecular flexibility index (Phi) is 4.78. The molecule has 0 aromatic heterocycles. The predicted molar refractivity (Wildman–Crippen MR) is 91.7 cm³/mol. The first-order chi connectivity index (χ1) is 11.5. The van der Waals surface area contributed by atoms with E-state index in [4.69, 9.17) is 4.74 Å². The lowest BCUT2D eigenvalue weighted by Crippen LogP contribution is -2.53. The molecular weight excluding hydrogens is 304 g/mol. The van der Waals surface area contributed by atoms with Crippen LogP contribution in [-0.2, 0) is 9.59 Å². The third-order valence-corrected chi connectivity index (χ3v) is 5.07. The number of carbonyl (C=O) groups excluding carboxylic acids is 2. The predicted octanol–water partition coefficient (Wildman–Crippen LogP) is 2.81. The second kappa shape index (κ2) is 6.83. The van der Waals surface area contributed by atoms with E-state index in [-0.39, 0.29) is 23.5 Å². The van der Waals surface area contributed by atoms with E-state index in [0.29, 0.717) is 6.42 Å². The number of piperidine rings is 1. The van der Waals surface area contributed by atoms with Gasteiger partial charge in [0.2, 0.25) is 11.8 Å². The van der Waals surface area contributed by atoms with Gasteiger partial charge in [0.05, 0.1) is 6.04 Å². The molecule has 5 nitrogen and oxygen atoms in total. The lowest BCUT2D eigenvalue weighted by molar-refractivity contribution is -0.135. The topological polar surface area (TPSA) is 58.6 Å². The first kappa shape index (κ1) is 16.8. The molecule has 1 spiro atoms. The number of ether oxygens (including phenoxy) is 1. The van der Waals surface area contributed by atoms with E-state index < -0.39 is 0 Å². The van der Waals surface area contributed by atoms with Crippen molar-refractivity contribution >= 4 is 11.8 Å². The van der Waals surface area contributed by atoms with Crippen LogP contribution < -0.4 is 10.1 Å². The van der Waals surface area contributed by atoms with Crippen molar-refractivity contribution < 1.29 is 14.3 Å². The Balaban J connectivity index is 1.76. The van der Waals surface area contributed by atoms with E-state index in [0.717, 1.165) is 50.1 Å². The van der Waals surface area contributed by atoms with Crippen LogP contribution in [0, 0.1) is 0 Å². The Morgan fingerprint density at radius 1 is 1.29 bits per heavy atom. The molecule has 0 unspecified atom stereocenters. The fourth-order valence-electron chi connectivity index (χ4n) is 3.83. The number of likely N-dealkylation sites (tertiary alicyclic amines) is 1. The van der Waals surface area contributed by atoms with Crippen molar-refractivity contribution in [3.63, 3.8) is 0 Å². The van der Waals surface area contributed by atoms with Gasteiger partial charge in [-0.25, -0.2) is 0 Å². The highest BCUT2D eigenvalue weighted by molar-refractivity contribution is 5.76. The number of nitrogens with zero attached hydrogens (tertiary/aromatic N) is 1. The fraction of sp³-hybridized carbons (Fsp3) is 0.579. The molecule has 1 fully saturated rings. The lowest BCUT2D eigenvalue weighted by atomic mass is 9.80. The number of benzene rings is 1. The van der Waals surface area contributed by atoms with E-state index in [1.807, 2.05) is 36.1 Å². The molecule has 130 valence electrons. The van der Waals surface area contributed by atoms with E-state index in [1.165, 1.54) is 0 Å². The normalized spacial score (nSPS) is 21.8. The molecule has 1 N–H and O–H groups in total. The Labute approximate surface area is 143 Å². The van der Waals surface area contributed by atoms with Crippen molar-refractivity contribution in [2.24, 2.45) is 0 Å². The van der Waals surface area contributed by atoms with Gasteiger partial charge in [0.1, 0.15) is 11.4 Å². The number of hydrogen-bond donors (Lipinski definition) is 1. The van der Waals surface area contributed by atoms with Crippen LogP contribution in [0.2, 0.25) is 0 Å². The number of amides is 2. The number of para-hydroxylation sites is 1. The number of hydrogen-bond acceptors (Lipinski definition) is 3. The van der Waals surface area contributed by atoms with Crippen LogP contribution in [0.25, 0.3) is 0 Å². The van der Waals surface area contributed by atoms with Crippen LogP contribution in [0.5, 0.6) is 5.75 Å². The minimum absolute atomic E-state index is 0.0228. The second-order valence-electron chi connectivity index (χ2n) is 6.91. The highest BCUT2D eigenvalue weighted by Gasteiger charge is 2.44. The van der Waals surface area contributed by atoms with Gasteiger partial charge in [0.25, 0.3) is 0 Å². The molecule has 2 aliphatic heterocycles. The number of nitrogens with one attached hydrogen (secondary N) is 1. The summed E-state index contributed by atoms with van der Waals surface area (Å²) in [6.07, 6.45) is 3.89. The van der Waals surface area contributed by atoms with Crippen LogP contribution in [0.4, 0.5) is 0 Å². The molecule has 2 heterocycles. The standard InChI is InChI=1S/C19H26N2O3/c1-3-6-18(23)21-11-9-19(10-12-21)13-16(20-14(2)22)15-7-4-5-8-17(15)24-19/h4-5,7-8,16H,3,6,9-13H2,1-2H3,(H,20,22)/t16-/m0/s1. The Bertz CT molecular complexity index is 621. The van der Waals surface area contributed by atoms with Gasteiger partial charge < -0.3 is 15.0 Å². The van der Waals surface area contributed by atoms with Crippen LogP contribution in [0.1, 0.15) is 57.6 Å². The molecule has 1 saturated heterocycles. The fourth-order valence-corrected chi connectivity index (χ4v) is 3.83. The molecule has 2 aliphatic rings. The molecule has 24 heavy (non-hydrogen) atoms. The van der Waals surface area contributed by atoms with Crippen molar-refractivity contribution in [1.29, 1.82) is 0 Å². The average molecular weight is 330 g/mol. The van der Waals surface area contributed by atoms with Gasteiger partial charge >= 0.3 is 0 Å². The molecular formula is C19H26N2O3. The van der Waals surface area contributed by atoms with Crippen molar-refractivity contribution in [2.45, 2.75) is 57.6 Å². The first-order valence-corrected chi connectivity index (χ1v) is 8.86.